The van der Waals surface area contributed by atoms with Crippen LogP contribution in [0.2, 0.25) is 5.02 Å². The molecule has 6 nitrogen and oxygen atoms in total. The lowest BCUT2D eigenvalue weighted by Crippen LogP contribution is -2.30. The topological polar surface area (TPSA) is 84.3 Å². The first-order valence-corrected chi connectivity index (χ1v) is 7.36. The summed E-state index contributed by atoms with van der Waals surface area (Å²) in [4.78, 5) is 22.0. The number of nitro benzene ring substituents is 1. The number of carbonyl (C=O) groups is 1. The fourth-order valence-corrected chi connectivity index (χ4v) is 2.21. The van der Waals surface area contributed by atoms with E-state index in [1.165, 1.54) is 24.3 Å². The number of hydrogen-bond acceptors (Lipinski definition) is 4. The minimum absolute atomic E-state index is 0.0179. The van der Waals surface area contributed by atoms with Crippen molar-refractivity contribution in [3.63, 3.8) is 0 Å². The van der Waals surface area contributed by atoms with Gasteiger partial charge in [0.15, 0.2) is 0 Å². The average molecular weight is 334 g/mol. The highest BCUT2D eigenvalue weighted by atomic mass is 35.5. The molecule has 2 N–H and O–H groups in total. The Morgan fingerprint density at radius 3 is 2.57 bits per heavy atom. The predicted molar refractivity (Wildman–Crippen MR) is 89.6 cm³/mol. The summed E-state index contributed by atoms with van der Waals surface area (Å²) in [5, 5.41) is 17.0. The summed E-state index contributed by atoms with van der Waals surface area (Å²) in [6.45, 7) is 2.05. The van der Waals surface area contributed by atoms with E-state index in [0.29, 0.717) is 10.7 Å². The van der Waals surface area contributed by atoms with Crippen molar-refractivity contribution in [1.82, 2.24) is 5.32 Å². The number of non-ortho nitro benzene ring substituents is 1. The Kier molecular flexibility index (Phi) is 5.67. The molecule has 0 aliphatic carbocycles. The molecule has 0 aliphatic heterocycles. The molecule has 0 heterocycles. The van der Waals surface area contributed by atoms with Gasteiger partial charge in [0.05, 0.1) is 11.5 Å². The second-order valence-electron chi connectivity index (χ2n) is 5.01. The third kappa shape index (κ3) is 5.05. The van der Waals surface area contributed by atoms with Crippen LogP contribution in [0.15, 0.2) is 48.5 Å². The highest BCUT2D eigenvalue weighted by Crippen LogP contribution is 2.17. The molecule has 0 bridgehead atoms. The number of nitrogens with zero attached hydrogens (tertiary/aromatic N) is 1. The molecule has 0 fully saturated rings. The van der Waals surface area contributed by atoms with Crippen LogP contribution < -0.4 is 10.6 Å². The molecule has 0 spiro atoms. The van der Waals surface area contributed by atoms with Crippen molar-refractivity contribution in [1.29, 1.82) is 0 Å². The molecule has 0 unspecified atom stereocenters. The van der Waals surface area contributed by atoms with Gasteiger partial charge in [-0.15, -0.1) is 0 Å². The largest absolute Gasteiger partial charge is 0.325 e. The number of nitro groups is 1. The predicted octanol–water partition coefficient (Wildman–Crippen LogP) is 3.54. The fraction of sp³-hybridized carbons (Fsp3) is 0.188. The Labute approximate surface area is 138 Å². The number of anilines is 1. The van der Waals surface area contributed by atoms with Crippen LogP contribution in [0.5, 0.6) is 0 Å². The Hall–Kier alpha value is -2.44. The van der Waals surface area contributed by atoms with E-state index in [2.05, 4.69) is 10.6 Å². The van der Waals surface area contributed by atoms with Gasteiger partial charge in [-0.25, -0.2) is 0 Å². The first kappa shape index (κ1) is 16.9. The molecule has 0 radical (unpaired) electrons. The molecule has 1 amide bonds. The van der Waals surface area contributed by atoms with Crippen molar-refractivity contribution in [2.45, 2.75) is 13.0 Å². The SMILES string of the molecule is C[C@@H](NCC(=O)Nc1ccc([N+](=O)[O-])cc1)c1cccc(Cl)c1. The normalized spacial score (nSPS) is 11.7. The molecule has 23 heavy (non-hydrogen) atoms. The van der Waals surface area contributed by atoms with Crippen LogP contribution in [0.25, 0.3) is 0 Å². The molecular weight excluding hydrogens is 318 g/mol. The lowest BCUT2D eigenvalue weighted by atomic mass is 10.1. The molecular formula is C16H16ClN3O3. The van der Waals surface area contributed by atoms with Crippen molar-refractivity contribution in [2.75, 3.05) is 11.9 Å². The van der Waals surface area contributed by atoms with E-state index in [-0.39, 0.29) is 24.2 Å². The molecule has 0 aromatic heterocycles. The molecule has 0 saturated carbocycles. The quantitative estimate of drug-likeness (QED) is 0.625. The van der Waals surface area contributed by atoms with Crippen molar-refractivity contribution in [3.05, 3.63) is 69.2 Å². The number of rotatable bonds is 6. The van der Waals surface area contributed by atoms with Gasteiger partial charge in [-0.3, -0.25) is 14.9 Å². The van der Waals surface area contributed by atoms with Gasteiger partial charge in [0.2, 0.25) is 5.91 Å². The Bertz CT molecular complexity index is 704. The lowest BCUT2D eigenvalue weighted by molar-refractivity contribution is -0.384. The molecule has 0 aliphatic rings. The van der Waals surface area contributed by atoms with Crippen LogP contribution in [0, 0.1) is 10.1 Å². The number of benzene rings is 2. The van der Waals surface area contributed by atoms with E-state index in [1.807, 2.05) is 25.1 Å². The summed E-state index contributed by atoms with van der Waals surface area (Å²) in [7, 11) is 0. The van der Waals surface area contributed by atoms with Gasteiger partial charge in [0, 0.05) is 28.9 Å². The Morgan fingerprint density at radius 2 is 1.96 bits per heavy atom. The maximum atomic E-state index is 11.9. The van der Waals surface area contributed by atoms with Gasteiger partial charge in [0.1, 0.15) is 0 Å². The second-order valence-corrected chi connectivity index (χ2v) is 5.45. The highest BCUT2D eigenvalue weighted by molar-refractivity contribution is 6.30. The second kappa shape index (κ2) is 7.71. The highest BCUT2D eigenvalue weighted by Gasteiger charge is 2.09. The average Bonchev–Trinajstić information content (AvgIpc) is 2.53. The minimum atomic E-state index is -0.486. The maximum absolute atomic E-state index is 11.9. The van der Waals surface area contributed by atoms with Gasteiger partial charge in [-0.05, 0) is 36.8 Å². The van der Waals surface area contributed by atoms with Crippen molar-refractivity contribution >= 4 is 28.9 Å². The summed E-state index contributed by atoms with van der Waals surface area (Å²) in [6, 6.07) is 13.1. The van der Waals surface area contributed by atoms with Crippen molar-refractivity contribution in [3.8, 4) is 0 Å². The van der Waals surface area contributed by atoms with E-state index in [4.69, 9.17) is 11.6 Å². The van der Waals surface area contributed by atoms with Crippen LogP contribution in [0.1, 0.15) is 18.5 Å². The molecule has 2 rings (SSSR count). The summed E-state index contributed by atoms with van der Waals surface area (Å²) >= 11 is 5.94. The van der Waals surface area contributed by atoms with Crippen LogP contribution in [-0.4, -0.2) is 17.4 Å². The first-order valence-electron chi connectivity index (χ1n) is 6.99. The maximum Gasteiger partial charge on any atom is 0.269 e. The monoisotopic (exact) mass is 333 g/mol. The van der Waals surface area contributed by atoms with Gasteiger partial charge < -0.3 is 10.6 Å². The van der Waals surface area contributed by atoms with E-state index in [9.17, 15) is 14.9 Å². The summed E-state index contributed by atoms with van der Waals surface area (Å²) in [5.41, 5.74) is 1.48. The standard InChI is InChI=1S/C16H16ClN3O3/c1-11(12-3-2-4-13(17)9-12)18-10-16(21)19-14-5-7-15(8-6-14)20(22)23/h2-9,11,18H,10H2,1H3,(H,19,21)/t11-/m1/s1. The van der Waals surface area contributed by atoms with Crippen LogP contribution in [-0.2, 0) is 4.79 Å². The molecule has 7 heteroatoms. The summed E-state index contributed by atoms with van der Waals surface area (Å²) < 4.78 is 0. The van der Waals surface area contributed by atoms with Gasteiger partial charge in [-0.2, -0.15) is 0 Å². The van der Waals surface area contributed by atoms with Crippen LogP contribution in [0.4, 0.5) is 11.4 Å². The van der Waals surface area contributed by atoms with Crippen LogP contribution >= 0.6 is 11.6 Å². The fourth-order valence-electron chi connectivity index (χ4n) is 2.01. The van der Waals surface area contributed by atoms with Gasteiger partial charge >= 0.3 is 0 Å². The third-order valence-corrected chi connectivity index (χ3v) is 3.51. The first-order chi connectivity index (χ1) is 11.0. The lowest BCUT2D eigenvalue weighted by Gasteiger charge is -2.14. The summed E-state index contributed by atoms with van der Waals surface area (Å²) in [6.07, 6.45) is 0. The number of carbonyl (C=O) groups excluding carboxylic acids is 1. The van der Waals surface area contributed by atoms with E-state index >= 15 is 0 Å². The molecule has 120 valence electrons. The van der Waals surface area contributed by atoms with E-state index < -0.39 is 4.92 Å². The number of halogens is 1. The molecule has 2 aromatic rings. The Balaban J connectivity index is 1.86. The third-order valence-electron chi connectivity index (χ3n) is 3.28. The number of nitrogens with one attached hydrogen (secondary N) is 2. The zero-order valence-corrected chi connectivity index (χ0v) is 13.2. The van der Waals surface area contributed by atoms with Crippen molar-refractivity contribution in [2.24, 2.45) is 0 Å². The Morgan fingerprint density at radius 1 is 1.26 bits per heavy atom. The summed E-state index contributed by atoms with van der Waals surface area (Å²) in [5.74, 6) is -0.229. The van der Waals surface area contributed by atoms with Gasteiger partial charge in [0.25, 0.3) is 5.69 Å². The molecule has 2 aromatic carbocycles. The minimum Gasteiger partial charge on any atom is -0.325 e. The van der Waals surface area contributed by atoms with Gasteiger partial charge in [-0.1, -0.05) is 23.7 Å². The zero-order chi connectivity index (χ0) is 16.8. The smallest absolute Gasteiger partial charge is 0.269 e. The van der Waals surface area contributed by atoms with Crippen LogP contribution in [0.3, 0.4) is 0 Å². The molecule has 0 saturated heterocycles. The van der Waals surface area contributed by atoms with E-state index in [0.717, 1.165) is 5.56 Å². The number of hydrogen-bond donors (Lipinski definition) is 2. The van der Waals surface area contributed by atoms with Crippen molar-refractivity contribution < 1.29 is 9.72 Å². The molecule has 1 atom stereocenters. The van der Waals surface area contributed by atoms with E-state index in [1.54, 1.807) is 6.07 Å². The zero-order valence-electron chi connectivity index (χ0n) is 12.5. The number of amides is 1.